The number of benzene rings is 1. The van der Waals surface area contributed by atoms with E-state index in [0.29, 0.717) is 13.2 Å². The van der Waals surface area contributed by atoms with Crippen LogP contribution in [0.5, 0.6) is 5.75 Å². The lowest BCUT2D eigenvalue weighted by Gasteiger charge is -2.02. The molecule has 0 atom stereocenters. The van der Waals surface area contributed by atoms with Gasteiger partial charge in [-0.05, 0) is 48.0 Å². The summed E-state index contributed by atoms with van der Waals surface area (Å²) >= 11 is 5.25. The van der Waals surface area contributed by atoms with Crippen LogP contribution in [0, 0.1) is 0 Å². The number of fused-ring (bicyclic) bond motifs is 1. The minimum absolute atomic E-state index is 0.677. The van der Waals surface area contributed by atoms with Crippen LogP contribution in [0.1, 0.15) is 18.4 Å². The molecule has 5 heteroatoms. The Bertz CT molecular complexity index is 512. The van der Waals surface area contributed by atoms with Crippen molar-refractivity contribution in [3.63, 3.8) is 0 Å². The molecule has 92 valence electrons. The summed E-state index contributed by atoms with van der Waals surface area (Å²) in [6.45, 7) is 3.37. The first-order valence-corrected chi connectivity index (χ1v) is 7.27. The van der Waals surface area contributed by atoms with Gasteiger partial charge in [-0.15, -0.1) is 11.3 Å². The van der Waals surface area contributed by atoms with Crippen molar-refractivity contribution in [2.24, 2.45) is 5.73 Å². The molecule has 0 fully saturated rings. The van der Waals surface area contributed by atoms with Crippen molar-refractivity contribution in [3.05, 3.63) is 21.6 Å². The summed E-state index contributed by atoms with van der Waals surface area (Å²) in [5, 5.41) is 1.14. The molecule has 0 bridgehead atoms. The fourth-order valence-corrected chi connectivity index (χ4v) is 3.34. The lowest BCUT2D eigenvalue weighted by Crippen LogP contribution is -1.99. The topological polar surface area (TPSA) is 48.1 Å². The summed E-state index contributed by atoms with van der Waals surface area (Å²) < 4.78 is 7.67. The Kier molecular flexibility index (Phi) is 4.36. The lowest BCUT2D eigenvalue weighted by atomic mass is 10.3. The van der Waals surface area contributed by atoms with E-state index in [1.807, 2.05) is 19.1 Å². The van der Waals surface area contributed by atoms with E-state index in [1.165, 1.54) is 0 Å². The molecular formula is C12H15BrN2OS. The molecule has 3 nitrogen and oxygen atoms in total. The molecule has 0 aliphatic carbocycles. The van der Waals surface area contributed by atoms with Gasteiger partial charge in [0.15, 0.2) is 0 Å². The van der Waals surface area contributed by atoms with E-state index < -0.39 is 0 Å². The summed E-state index contributed by atoms with van der Waals surface area (Å²) in [6, 6.07) is 4.02. The Labute approximate surface area is 113 Å². The zero-order valence-corrected chi connectivity index (χ0v) is 12.1. The number of nitrogens with two attached hydrogens (primary N) is 1. The number of hydrogen-bond donors (Lipinski definition) is 1. The van der Waals surface area contributed by atoms with Crippen molar-refractivity contribution in [1.82, 2.24) is 4.98 Å². The molecule has 2 N–H and O–H groups in total. The average molecular weight is 315 g/mol. The first-order chi connectivity index (χ1) is 8.24. The zero-order valence-electron chi connectivity index (χ0n) is 9.70. The molecule has 17 heavy (non-hydrogen) atoms. The second-order valence-corrected chi connectivity index (χ2v) is 5.65. The molecule has 0 unspecified atom stereocenters. The number of nitrogens with zero attached hydrogens (tertiary/aromatic N) is 1. The van der Waals surface area contributed by atoms with Gasteiger partial charge >= 0.3 is 0 Å². The van der Waals surface area contributed by atoms with Gasteiger partial charge in [0.1, 0.15) is 5.75 Å². The maximum Gasteiger partial charge on any atom is 0.121 e. The highest BCUT2D eigenvalue weighted by Gasteiger charge is 2.09. The van der Waals surface area contributed by atoms with Crippen LogP contribution in [0.3, 0.4) is 0 Å². The third-order valence-electron chi connectivity index (χ3n) is 2.37. The van der Waals surface area contributed by atoms with Crippen molar-refractivity contribution in [2.75, 3.05) is 13.2 Å². The van der Waals surface area contributed by atoms with Gasteiger partial charge in [-0.2, -0.15) is 0 Å². The highest BCUT2D eigenvalue weighted by molar-refractivity contribution is 9.10. The van der Waals surface area contributed by atoms with Crippen LogP contribution in [0.15, 0.2) is 16.6 Å². The number of aromatic nitrogens is 1. The molecule has 2 rings (SSSR count). The van der Waals surface area contributed by atoms with E-state index in [2.05, 4.69) is 20.9 Å². The van der Waals surface area contributed by atoms with Gasteiger partial charge in [-0.25, -0.2) is 4.98 Å². The molecule has 1 aromatic heterocycles. The monoisotopic (exact) mass is 314 g/mol. The molecule has 0 radical (unpaired) electrons. The lowest BCUT2D eigenvalue weighted by molar-refractivity contribution is 0.340. The minimum Gasteiger partial charge on any atom is -0.494 e. The third kappa shape index (κ3) is 2.97. The molecule has 0 aliphatic heterocycles. The van der Waals surface area contributed by atoms with E-state index in [-0.39, 0.29) is 0 Å². The number of ether oxygens (including phenoxy) is 1. The molecule has 0 saturated heterocycles. The second-order valence-electron chi connectivity index (χ2n) is 3.68. The SMILES string of the molecule is CCOc1cc(Br)c2nc(CCCN)sc2c1. The van der Waals surface area contributed by atoms with Crippen molar-refractivity contribution < 1.29 is 4.74 Å². The summed E-state index contributed by atoms with van der Waals surface area (Å²) in [7, 11) is 0. The van der Waals surface area contributed by atoms with Crippen LogP contribution in [-0.2, 0) is 6.42 Å². The van der Waals surface area contributed by atoms with Crippen LogP contribution in [0.4, 0.5) is 0 Å². The normalized spacial score (nSPS) is 11.0. The maximum absolute atomic E-state index is 5.51. The van der Waals surface area contributed by atoms with Gasteiger partial charge < -0.3 is 10.5 Å². The first-order valence-electron chi connectivity index (χ1n) is 5.66. The van der Waals surface area contributed by atoms with Gasteiger partial charge in [0.25, 0.3) is 0 Å². The van der Waals surface area contributed by atoms with E-state index in [1.54, 1.807) is 11.3 Å². The first kappa shape index (κ1) is 12.8. The fraction of sp³-hybridized carbons (Fsp3) is 0.417. The van der Waals surface area contributed by atoms with E-state index >= 15 is 0 Å². The van der Waals surface area contributed by atoms with Crippen molar-refractivity contribution in [3.8, 4) is 5.75 Å². The minimum atomic E-state index is 0.677. The van der Waals surface area contributed by atoms with Crippen LogP contribution < -0.4 is 10.5 Å². The summed E-state index contributed by atoms with van der Waals surface area (Å²) in [6.07, 6.45) is 1.93. The smallest absolute Gasteiger partial charge is 0.121 e. The Balaban J connectivity index is 2.35. The van der Waals surface area contributed by atoms with Crippen molar-refractivity contribution >= 4 is 37.5 Å². The van der Waals surface area contributed by atoms with Gasteiger partial charge in [0.2, 0.25) is 0 Å². The zero-order chi connectivity index (χ0) is 12.3. The fourth-order valence-electron chi connectivity index (χ4n) is 1.62. The Morgan fingerprint density at radius 3 is 3.00 bits per heavy atom. The molecule has 1 heterocycles. The predicted molar refractivity (Wildman–Crippen MR) is 75.9 cm³/mol. The number of halogens is 1. The molecular weight excluding hydrogens is 300 g/mol. The summed E-state index contributed by atoms with van der Waals surface area (Å²) in [5.41, 5.74) is 6.53. The standard InChI is InChI=1S/C12H15BrN2OS/c1-2-16-8-6-9(13)12-10(7-8)17-11(15-12)4-3-5-14/h6-7H,2-5,14H2,1H3. The Hall–Kier alpha value is -0.650. The molecule has 0 aliphatic rings. The average Bonchev–Trinajstić information content (AvgIpc) is 2.70. The molecule has 0 saturated carbocycles. The predicted octanol–water partition coefficient (Wildman–Crippen LogP) is 3.35. The number of aryl methyl sites for hydroxylation is 1. The summed E-state index contributed by atoms with van der Waals surface area (Å²) in [4.78, 5) is 4.61. The summed E-state index contributed by atoms with van der Waals surface area (Å²) in [5.74, 6) is 0.890. The molecule has 0 amide bonds. The molecule has 0 spiro atoms. The molecule has 1 aromatic carbocycles. The quantitative estimate of drug-likeness (QED) is 0.920. The van der Waals surface area contributed by atoms with Crippen LogP contribution in [-0.4, -0.2) is 18.1 Å². The maximum atomic E-state index is 5.51. The van der Waals surface area contributed by atoms with Crippen LogP contribution in [0.2, 0.25) is 0 Å². The van der Waals surface area contributed by atoms with Gasteiger partial charge in [0.05, 0.1) is 21.8 Å². The van der Waals surface area contributed by atoms with Crippen molar-refractivity contribution in [1.29, 1.82) is 0 Å². The van der Waals surface area contributed by atoms with Crippen LogP contribution in [0.25, 0.3) is 10.2 Å². The third-order valence-corrected chi connectivity index (χ3v) is 4.04. The highest BCUT2D eigenvalue weighted by Crippen LogP contribution is 2.33. The van der Waals surface area contributed by atoms with E-state index in [0.717, 1.165) is 38.3 Å². The number of hydrogen-bond acceptors (Lipinski definition) is 4. The second kappa shape index (κ2) is 5.80. The van der Waals surface area contributed by atoms with Gasteiger partial charge in [-0.1, -0.05) is 0 Å². The Morgan fingerprint density at radius 1 is 1.47 bits per heavy atom. The van der Waals surface area contributed by atoms with E-state index in [4.69, 9.17) is 10.5 Å². The number of rotatable bonds is 5. The van der Waals surface area contributed by atoms with E-state index in [9.17, 15) is 0 Å². The molecule has 2 aromatic rings. The number of thiazole rings is 1. The van der Waals surface area contributed by atoms with Crippen molar-refractivity contribution in [2.45, 2.75) is 19.8 Å². The highest BCUT2D eigenvalue weighted by atomic mass is 79.9. The largest absolute Gasteiger partial charge is 0.494 e. The van der Waals surface area contributed by atoms with Gasteiger partial charge in [0, 0.05) is 10.9 Å². The van der Waals surface area contributed by atoms with Gasteiger partial charge in [-0.3, -0.25) is 0 Å². The van der Waals surface area contributed by atoms with Crippen LogP contribution >= 0.6 is 27.3 Å². The Morgan fingerprint density at radius 2 is 2.29 bits per heavy atom.